The Balaban J connectivity index is 1.53. The fourth-order valence-electron chi connectivity index (χ4n) is 2.96. The molecule has 1 atom stereocenters. The van der Waals surface area contributed by atoms with Gasteiger partial charge < -0.3 is 14.2 Å². The van der Waals surface area contributed by atoms with E-state index in [1.165, 1.54) is 0 Å². The number of hydrogen-bond donors (Lipinski definition) is 0. The van der Waals surface area contributed by atoms with Crippen molar-refractivity contribution < 1.29 is 9.26 Å². The minimum atomic E-state index is 0.149. The minimum Gasteiger partial charge on any atom is -0.474 e. The summed E-state index contributed by atoms with van der Waals surface area (Å²) in [5.41, 5.74) is 1.14. The molecule has 7 heteroatoms. The summed E-state index contributed by atoms with van der Waals surface area (Å²) in [5, 5.41) is 4.05. The molecular weight excluding hydrogens is 303 g/mol. The molecule has 1 saturated heterocycles. The minimum absolute atomic E-state index is 0.149. The molecule has 1 aliphatic rings. The van der Waals surface area contributed by atoms with Crippen LogP contribution in [0.15, 0.2) is 22.9 Å². The van der Waals surface area contributed by atoms with E-state index in [2.05, 4.69) is 40.8 Å². The van der Waals surface area contributed by atoms with Crippen LogP contribution in [0.4, 0.5) is 6.01 Å². The second kappa shape index (κ2) is 7.24. The summed E-state index contributed by atoms with van der Waals surface area (Å²) >= 11 is 0. The molecule has 6 nitrogen and oxygen atoms in total. The quantitative estimate of drug-likeness (QED) is 0.776. The molecule has 0 bridgehead atoms. The van der Waals surface area contributed by atoms with Crippen molar-refractivity contribution in [1.82, 2.24) is 15.1 Å². The van der Waals surface area contributed by atoms with Crippen LogP contribution in [-0.2, 0) is 0 Å². The van der Waals surface area contributed by atoms with Crippen molar-refractivity contribution in [3.05, 3.63) is 24.2 Å². The third-order valence-corrected chi connectivity index (χ3v) is 4.61. The van der Waals surface area contributed by atoms with Gasteiger partial charge in [0, 0.05) is 25.2 Å². The van der Waals surface area contributed by atoms with E-state index in [9.17, 15) is 0 Å². The lowest BCUT2D eigenvalue weighted by atomic mass is 9.92. The number of aromatic nitrogens is 3. The average molecular weight is 328 g/mol. The molecule has 0 amide bonds. The molecule has 0 aliphatic carbocycles. The lowest BCUT2D eigenvalue weighted by Gasteiger charge is -2.33. The van der Waals surface area contributed by atoms with Crippen molar-refractivity contribution in [3.8, 4) is 5.88 Å². The number of nitrogens with zero attached hydrogens (tertiary/aromatic N) is 4. The molecule has 3 heterocycles. The molecule has 0 N–H and O–H groups in total. The van der Waals surface area contributed by atoms with Gasteiger partial charge in [0.25, 0.3) is 0 Å². The molecule has 0 aromatic carbocycles. The highest BCUT2D eigenvalue weighted by molar-refractivity contribution is 6.32. The van der Waals surface area contributed by atoms with Gasteiger partial charge in [-0.25, -0.2) is 4.98 Å². The third-order valence-electron chi connectivity index (χ3n) is 4.61. The van der Waals surface area contributed by atoms with Gasteiger partial charge in [-0.05, 0) is 31.7 Å². The largest absolute Gasteiger partial charge is 0.474 e. The number of hydrogen-bond acceptors (Lipinski definition) is 6. The maximum absolute atomic E-state index is 6.00. The highest BCUT2D eigenvalue weighted by atomic mass is 16.5. The average Bonchev–Trinajstić information content (AvgIpc) is 3.07. The number of anilines is 1. The number of pyridine rings is 1. The first-order valence-electron chi connectivity index (χ1n) is 8.71. The predicted octanol–water partition coefficient (Wildman–Crippen LogP) is 1.53. The Morgan fingerprint density at radius 1 is 1.25 bits per heavy atom. The van der Waals surface area contributed by atoms with E-state index in [-0.39, 0.29) is 12.0 Å². The van der Waals surface area contributed by atoms with E-state index in [1.807, 2.05) is 26.2 Å². The Kier molecular flexibility index (Phi) is 5.07. The van der Waals surface area contributed by atoms with Crippen LogP contribution in [0.3, 0.4) is 0 Å². The first-order valence-corrected chi connectivity index (χ1v) is 8.71. The van der Waals surface area contributed by atoms with Crippen LogP contribution < -0.4 is 15.1 Å². The molecule has 0 unspecified atom stereocenters. The van der Waals surface area contributed by atoms with Crippen LogP contribution in [0.1, 0.15) is 45.4 Å². The SMILES string of the molecule is Bc1ccc(O[C@@H](C)C2CCN(c3nc(C(C)C)no3)CC2)nc1. The number of piperidine rings is 1. The zero-order valence-electron chi connectivity index (χ0n) is 14.9. The van der Waals surface area contributed by atoms with Crippen LogP contribution >= 0.6 is 0 Å². The molecular formula is C17H25BN4O2. The Morgan fingerprint density at radius 3 is 2.58 bits per heavy atom. The Bertz CT molecular complexity index is 651. The van der Waals surface area contributed by atoms with Crippen LogP contribution in [0.2, 0.25) is 0 Å². The molecule has 0 spiro atoms. The Morgan fingerprint density at radius 2 is 2.00 bits per heavy atom. The van der Waals surface area contributed by atoms with Gasteiger partial charge >= 0.3 is 6.01 Å². The molecule has 2 aromatic heterocycles. The fraction of sp³-hybridized carbons (Fsp3) is 0.588. The standard InChI is InChI=1S/C17H25BN4O2/c1-11(2)16-20-17(24-21-16)22-8-6-13(7-9-22)12(3)23-15-5-4-14(18)10-19-15/h4-5,10-13H,6-9,18H2,1-3H3/t12-/m0/s1. The summed E-state index contributed by atoms with van der Waals surface area (Å²) in [6, 6.07) is 4.61. The zero-order valence-corrected chi connectivity index (χ0v) is 14.9. The van der Waals surface area contributed by atoms with E-state index in [4.69, 9.17) is 9.26 Å². The summed E-state index contributed by atoms with van der Waals surface area (Å²) in [7, 11) is 2.03. The van der Waals surface area contributed by atoms with Gasteiger partial charge in [-0.2, -0.15) is 4.98 Å². The summed E-state index contributed by atoms with van der Waals surface area (Å²) in [6.45, 7) is 8.10. The fourth-order valence-corrected chi connectivity index (χ4v) is 2.96. The lowest BCUT2D eigenvalue weighted by Crippen LogP contribution is -2.39. The molecule has 3 rings (SSSR count). The van der Waals surface area contributed by atoms with Crippen molar-refractivity contribution in [1.29, 1.82) is 0 Å². The molecule has 2 aromatic rings. The van der Waals surface area contributed by atoms with Crippen LogP contribution in [-0.4, -0.2) is 42.2 Å². The third kappa shape index (κ3) is 3.89. The zero-order chi connectivity index (χ0) is 17.1. The van der Waals surface area contributed by atoms with Gasteiger partial charge in [0.05, 0.1) is 0 Å². The molecule has 0 saturated carbocycles. The van der Waals surface area contributed by atoms with Crippen LogP contribution in [0.5, 0.6) is 5.88 Å². The van der Waals surface area contributed by atoms with Crippen molar-refractivity contribution in [2.24, 2.45) is 5.92 Å². The summed E-state index contributed by atoms with van der Waals surface area (Å²) in [4.78, 5) is 11.0. The number of rotatable bonds is 5. The molecule has 1 fully saturated rings. The van der Waals surface area contributed by atoms with Gasteiger partial charge in [0.2, 0.25) is 5.88 Å². The topological polar surface area (TPSA) is 64.3 Å². The lowest BCUT2D eigenvalue weighted by molar-refractivity contribution is 0.126. The monoisotopic (exact) mass is 328 g/mol. The van der Waals surface area contributed by atoms with E-state index >= 15 is 0 Å². The molecule has 0 radical (unpaired) electrons. The summed E-state index contributed by atoms with van der Waals surface area (Å²) < 4.78 is 11.4. The highest BCUT2D eigenvalue weighted by Gasteiger charge is 2.28. The van der Waals surface area contributed by atoms with Gasteiger partial charge in [-0.1, -0.05) is 30.5 Å². The van der Waals surface area contributed by atoms with Crippen LogP contribution in [0.25, 0.3) is 0 Å². The number of ether oxygens (including phenoxy) is 1. The Labute approximate surface area is 144 Å². The molecule has 24 heavy (non-hydrogen) atoms. The van der Waals surface area contributed by atoms with E-state index in [1.54, 1.807) is 0 Å². The highest BCUT2D eigenvalue weighted by Crippen LogP contribution is 2.26. The van der Waals surface area contributed by atoms with E-state index < -0.39 is 0 Å². The van der Waals surface area contributed by atoms with Crippen molar-refractivity contribution in [2.45, 2.75) is 45.6 Å². The normalized spacial score (nSPS) is 17.2. The maximum atomic E-state index is 6.00. The summed E-state index contributed by atoms with van der Waals surface area (Å²) in [6.07, 6.45) is 4.09. The maximum Gasteiger partial charge on any atom is 0.324 e. The second-order valence-corrected chi connectivity index (χ2v) is 6.91. The first-order chi connectivity index (χ1) is 11.5. The first kappa shape index (κ1) is 16.8. The van der Waals surface area contributed by atoms with Gasteiger partial charge in [-0.15, -0.1) is 0 Å². The van der Waals surface area contributed by atoms with Gasteiger partial charge in [0.15, 0.2) is 5.82 Å². The van der Waals surface area contributed by atoms with Crippen LogP contribution in [0, 0.1) is 5.92 Å². The molecule has 1 aliphatic heterocycles. The smallest absolute Gasteiger partial charge is 0.324 e. The summed E-state index contributed by atoms with van der Waals surface area (Å²) in [5.74, 6) is 2.27. The predicted molar refractivity (Wildman–Crippen MR) is 95.8 cm³/mol. The van der Waals surface area contributed by atoms with Gasteiger partial charge in [0.1, 0.15) is 14.0 Å². The molecule has 128 valence electrons. The van der Waals surface area contributed by atoms with Gasteiger partial charge in [-0.3, -0.25) is 0 Å². The van der Waals surface area contributed by atoms with Crippen molar-refractivity contribution in [2.75, 3.05) is 18.0 Å². The Hall–Kier alpha value is -2.05. The van der Waals surface area contributed by atoms with E-state index in [0.717, 1.165) is 37.2 Å². The van der Waals surface area contributed by atoms with Crippen molar-refractivity contribution >= 4 is 19.3 Å². The second-order valence-electron chi connectivity index (χ2n) is 6.91. The van der Waals surface area contributed by atoms with Crippen molar-refractivity contribution in [3.63, 3.8) is 0 Å². The van der Waals surface area contributed by atoms with E-state index in [0.29, 0.717) is 17.8 Å².